The van der Waals surface area contributed by atoms with E-state index in [0.29, 0.717) is 11.3 Å². The van der Waals surface area contributed by atoms with Gasteiger partial charge in [0.1, 0.15) is 5.76 Å². The van der Waals surface area contributed by atoms with Crippen molar-refractivity contribution in [2.75, 3.05) is 7.05 Å². The van der Waals surface area contributed by atoms with Crippen LogP contribution in [-0.4, -0.2) is 17.9 Å². The molecule has 0 aliphatic carbocycles. The summed E-state index contributed by atoms with van der Waals surface area (Å²) >= 11 is 0. The second-order valence-corrected chi connectivity index (χ2v) is 5.09. The van der Waals surface area contributed by atoms with Gasteiger partial charge in [0.25, 0.3) is 0 Å². The van der Waals surface area contributed by atoms with E-state index in [-0.39, 0.29) is 11.9 Å². The summed E-state index contributed by atoms with van der Waals surface area (Å²) in [5.74, 6) is 0.387. The molecule has 0 N–H and O–H groups in total. The lowest BCUT2D eigenvalue weighted by Gasteiger charge is -2.21. The average Bonchev–Trinajstić information content (AvgIpc) is 3.05. The molecule has 6 heteroatoms. The minimum absolute atomic E-state index is 0.241. The summed E-state index contributed by atoms with van der Waals surface area (Å²) in [4.78, 5) is 13.6. The molecule has 1 aromatic carbocycles. The first-order valence-electron chi connectivity index (χ1n) is 6.94. The van der Waals surface area contributed by atoms with Gasteiger partial charge in [-0.05, 0) is 42.8 Å². The molecule has 1 unspecified atom stereocenters. The molecule has 122 valence electrons. The molecule has 1 atom stereocenters. The van der Waals surface area contributed by atoms with Crippen molar-refractivity contribution >= 4 is 12.0 Å². The summed E-state index contributed by atoms with van der Waals surface area (Å²) in [6, 6.07) is 7.88. The number of furan rings is 1. The highest BCUT2D eigenvalue weighted by Crippen LogP contribution is 2.29. The molecule has 1 aromatic heterocycles. The summed E-state index contributed by atoms with van der Waals surface area (Å²) in [6.45, 7) is 1.82. The van der Waals surface area contributed by atoms with Gasteiger partial charge in [-0.25, -0.2) is 0 Å². The van der Waals surface area contributed by atoms with Gasteiger partial charge >= 0.3 is 6.18 Å². The maximum absolute atomic E-state index is 12.5. The Balaban J connectivity index is 2.03. The Labute approximate surface area is 132 Å². The second-order valence-electron chi connectivity index (χ2n) is 5.09. The van der Waals surface area contributed by atoms with Crippen LogP contribution in [0.5, 0.6) is 0 Å². The Kier molecular flexibility index (Phi) is 4.93. The van der Waals surface area contributed by atoms with E-state index in [2.05, 4.69) is 0 Å². The Bertz CT molecular complexity index is 673. The zero-order chi connectivity index (χ0) is 17.0. The van der Waals surface area contributed by atoms with Crippen molar-refractivity contribution in [3.63, 3.8) is 0 Å². The van der Waals surface area contributed by atoms with Gasteiger partial charge in [-0.1, -0.05) is 12.1 Å². The van der Waals surface area contributed by atoms with E-state index in [1.807, 2.05) is 6.92 Å². The highest BCUT2D eigenvalue weighted by molar-refractivity contribution is 5.91. The van der Waals surface area contributed by atoms with Crippen molar-refractivity contribution < 1.29 is 22.4 Å². The zero-order valence-electron chi connectivity index (χ0n) is 12.7. The van der Waals surface area contributed by atoms with Crippen LogP contribution in [0, 0.1) is 0 Å². The van der Waals surface area contributed by atoms with Crippen molar-refractivity contribution in [3.8, 4) is 0 Å². The van der Waals surface area contributed by atoms with E-state index in [1.165, 1.54) is 35.4 Å². The third-order valence-corrected chi connectivity index (χ3v) is 3.54. The van der Waals surface area contributed by atoms with Gasteiger partial charge in [-0.3, -0.25) is 4.79 Å². The lowest BCUT2D eigenvalue weighted by atomic mass is 10.1. The van der Waals surface area contributed by atoms with E-state index in [9.17, 15) is 18.0 Å². The molecule has 0 fully saturated rings. The Hall–Kier alpha value is -2.50. The van der Waals surface area contributed by atoms with Crippen molar-refractivity contribution in [2.45, 2.75) is 19.1 Å². The fourth-order valence-corrected chi connectivity index (χ4v) is 1.98. The smallest absolute Gasteiger partial charge is 0.416 e. The minimum atomic E-state index is -4.36. The molecular formula is C17H16F3NO2. The zero-order valence-corrected chi connectivity index (χ0v) is 12.7. The van der Waals surface area contributed by atoms with Crippen LogP contribution in [0.25, 0.3) is 6.08 Å². The van der Waals surface area contributed by atoms with Crippen molar-refractivity contribution in [3.05, 3.63) is 65.6 Å². The van der Waals surface area contributed by atoms with E-state index in [1.54, 1.807) is 19.2 Å². The van der Waals surface area contributed by atoms with Gasteiger partial charge in [0.05, 0.1) is 17.9 Å². The van der Waals surface area contributed by atoms with Gasteiger partial charge in [-0.15, -0.1) is 0 Å². The highest BCUT2D eigenvalue weighted by Gasteiger charge is 2.29. The van der Waals surface area contributed by atoms with Crippen LogP contribution < -0.4 is 0 Å². The standard InChI is InChI=1S/C17H16F3NO2/c1-12(15-4-3-11-23-15)21(2)16(22)10-7-13-5-8-14(9-6-13)17(18,19)20/h3-12H,1-2H3/b10-7+. The monoisotopic (exact) mass is 323 g/mol. The molecule has 0 bridgehead atoms. The third-order valence-electron chi connectivity index (χ3n) is 3.54. The van der Waals surface area contributed by atoms with E-state index in [4.69, 9.17) is 4.42 Å². The number of benzene rings is 1. The molecule has 0 spiro atoms. The second kappa shape index (κ2) is 6.73. The van der Waals surface area contributed by atoms with Crippen molar-refractivity contribution in [1.82, 2.24) is 4.90 Å². The molecule has 0 saturated heterocycles. The summed E-state index contributed by atoms with van der Waals surface area (Å²) in [7, 11) is 1.63. The summed E-state index contributed by atoms with van der Waals surface area (Å²) in [6.07, 6.45) is -0.0329. The van der Waals surface area contributed by atoms with Crippen LogP contribution in [0.15, 0.2) is 53.2 Å². The van der Waals surface area contributed by atoms with E-state index < -0.39 is 11.7 Å². The average molecular weight is 323 g/mol. The number of nitrogens with zero attached hydrogens (tertiary/aromatic N) is 1. The van der Waals surface area contributed by atoms with Crippen LogP contribution in [-0.2, 0) is 11.0 Å². The topological polar surface area (TPSA) is 33.5 Å². The first-order chi connectivity index (χ1) is 10.8. The maximum atomic E-state index is 12.5. The normalized spacial score (nSPS) is 13.3. The number of amides is 1. The first-order valence-corrected chi connectivity index (χ1v) is 6.94. The third kappa shape index (κ3) is 4.25. The van der Waals surface area contributed by atoms with Crippen LogP contribution >= 0.6 is 0 Å². The minimum Gasteiger partial charge on any atom is -0.467 e. The number of rotatable bonds is 4. The van der Waals surface area contributed by atoms with Gasteiger partial charge in [-0.2, -0.15) is 13.2 Å². The SMILES string of the molecule is CC(c1ccco1)N(C)C(=O)/C=C/c1ccc(C(F)(F)F)cc1. The number of likely N-dealkylation sites (N-methyl/N-ethyl adjacent to an activating group) is 1. The fraction of sp³-hybridized carbons (Fsp3) is 0.235. The largest absolute Gasteiger partial charge is 0.467 e. The predicted octanol–water partition coefficient (Wildman–Crippen LogP) is 4.53. The molecule has 2 rings (SSSR count). The highest BCUT2D eigenvalue weighted by atomic mass is 19.4. The number of halogens is 3. The lowest BCUT2D eigenvalue weighted by Crippen LogP contribution is -2.27. The van der Waals surface area contributed by atoms with Crippen LogP contribution in [0.2, 0.25) is 0 Å². The predicted molar refractivity (Wildman–Crippen MR) is 80.4 cm³/mol. The molecular weight excluding hydrogens is 307 g/mol. The fourth-order valence-electron chi connectivity index (χ4n) is 1.98. The molecule has 0 aliphatic heterocycles. The quantitative estimate of drug-likeness (QED) is 0.775. The molecule has 0 saturated carbocycles. The van der Waals surface area contributed by atoms with Crippen LogP contribution in [0.1, 0.15) is 29.9 Å². The van der Waals surface area contributed by atoms with Gasteiger partial charge in [0, 0.05) is 13.1 Å². The van der Waals surface area contributed by atoms with Crippen LogP contribution in [0.3, 0.4) is 0 Å². The number of hydrogen-bond donors (Lipinski definition) is 0. The Morgan fingerprint density at radius 1 is 1.22 bits per heavy atom. The Morgan fingerprint density at radius 2 is 1.87 bits per heavy atom. The van der Waals surface area contributed by atoms with Gasteiger partial charge in [0.15, 0.2) is 0 Å². The Morgan fingerprint density at radius 3 is 2.39 bits per heavy atom. The number of carbonyl (C=O) groups is 1. The molecule has 3 nitrogen and oxygen atoms in total. The number of carbonyl (C=O) groups excluding carboxylic acids is 1. The molecule has 1 heterocycles. The van der Waals surface area contributed by atoms with Crippen molar-refractivity contribution in [2.24, 2.45) is 0 Å². The van der Waals surface area contributed by atoms with E-state index >= 15 is 0 Å². The van der Waals surface area contributed by atoms with Gasteiger partial charge in [0.2, 0.25) is 5.91 Å². The molecule has 1 amide bonds. The van der Waals surface area contributed by atoms with Crippen LogP contribution in [0.4, 0.5) is 13.2 Å². The molecule has 0 aliphatic rings. The number of hydrogen-bond acceptors (Lipinski definition) is 2. The van der Waals surface area contributed by atoms with E-state index in [0.717, 1.165) is 12.1 Å². The maximum Gasteiger partial charge on any atom is 0.416 e. The molecule has 0 radical (unpaired) electrons. The summed E-state index contributed by atoms with van der Waals surface area (Å²) < 4.78 is 42.7. The number of alkyl halides is 3. The first kappa shape index (κ1) is 16.9. The summed E-state index contributed by atoms with van der Waals surface area (Å²) in [5.41, 5.74) is -0.199. The molecule has 23 heavy (non-hydrogen) atoms. The van der Waals surface area contributed by atoms with Crippen molar-refractivity contribution in [1.29, 1.82) is 0 Å². The molecule has 2 aromatic rings. The lowest BCUT2D eigenvalue weighted by molar-refractivity contribution is -0.137. The van der Waals surface area contributed by atoms with Gasteiger partial charge < -0.3 is 9.32 Å². The summed E-state index contributed by atoms with van der Waals surface area (Å²) in [5, 5.41) is 0.